The third-order valence-electron chi connectivity index (χ3n) is 5.13. The van der Waals surface area contributed by atoms with Gasteiger partial charge in [-0.3, -0.25) is 9.59 Å². The molecule has 1 aliphatic rings. The van der Waals surface area contributed by atoms with E-state index >= 15 is 0 Å². The minimum atomic E-state index is -0.966. The molecule has 148 valence electrons. The van der Waals surface area contributed by atoms with Gasteiger partial charge in [-0.1, -0.05) is 30.3 Å². The Morgan fingerprint density at radius 1 is 0.966 bits per heavy atom. The van der Waals surface area contributed by atoms with Crippen molar-refractivity contribution in [1.82, 2.24) is 5.32 Å². The number of halogens is 2. The molecule has 1 fully saturated rings. The molecule has 2 N–H and O–H groups in total. The molecule has 3 aromatic rings. The molecule has 6 heteroatoms. The lowest BCUT2D eigenvalue weighted by molar-refractivity contribution is -0.117. The van der Waals surface area contributed by atoms with Crippen LogP contribution in [0, 0.1) is 17.6 Å². The van der Waals surface area contributed by atoms with Crippen LogP contribution in [0.3, 0.4) is 0 Å². The zero-order valence-electron chi connectivity index (χ0n) is 15.8. The molecule has 1 unspecified atom stereocenters. The van der Waals surface area contributed by atoms with Gasteiger partial charge in [0.1, 0.15) is 0 Å². The molecule has 0 radical (unpaired) electrons. The van der Waals surface area contributed by atoms with Crippen LogP contribution in [0.2, 0.25) is 0 Å². The highest BCUT2D eigenvalue weighted by Gasteiger charge is 2.30. The Morgan fingerprint density at radius 3 is 2.31 bits per heavy atom. The molecule has 0 saturated heterocycles. The largest absolute Gasteiger partial charge is 0.345 e. The summed E-state index contributed by atoms with van der Waals surface area (Å²) in [4.78, 5) is 25.3. The Balaban J connectivity index is 1.64. The van der Waals surface area contributed by atoms with Crippen molar-refractivity contribution in [2.24, 2.45) is 5.92 Å². The smallest absolute Gasteiger partial charge is 0.253 e. The second-order valence-corrected chi connectivity index (χ2v) is 7.38. The van der Waals surface area contributed by atoms with Crippen molar-refractivity contribution < 1.29 is 18.4 Å². The molecule has 1 atom stereocenters. The van der Waals surface area contributed by atoms with E-state index < -0.39 is 23.6 Å². The minimum absolute atomic E-state index is 0.00139. The summed E-state index contributed by atoms with van der Waals surface area (Å²) < 4.78 is 26.7. The maximum Gasteiger partial charge on any atom is 0.253 e. The number of nitrogens with one attached hydrogen (secondary N) is 2. The van der Waals surface area contributed by atoms with Crippen LogP contribution in [0.5, 0.6) is 0 Å². The number of anilines is 1. The summed E-state index contributed by atoms with van der Waals surface area (Å²) in [5.74, 6) is -2.40. The van der Waals surface area contributed by atoms with E-state index in [-0.39, 0.29) is 11.8 Å². The molecule has 3 aromatic carbocycles. The molecule has 29 heavy (non-hydrogen) atoms. The van der Waals surface area contributed by atoms with Gasteiger partial charge < -0.3 is 10.6 Å². The van der Waals surface area contributed by atoms with Gasteiger partial charge >= 0.3 is 0 Å². The highest BCUT2D eigenvalue weighted by Crippen LogP contribution is 2.32. The predicted octanol–water partition coefficient (Wildman–Crippen LogP) is 4.96. The number of fused-ring (bicyclic) bond motifs is 1. The van der Waals surface area contributed by atoms with E-state index in [2.05, 4.69) is 10.6 Å². The van der Waals surface area contributed by atoms with Crippen molar-refractivity contribution >= 4 is 28.3 Å². The summed E-state index contributed by atoms with van der Waals surface area (Å²) in [5.41, 5.74) is 1.21. The summed E-state index contributed by atoms with van der Waals surface area (Å²) in [7, 11) is 0. The van der Waals surface area contributed by atoms with Gasteiger partial charge in [0.05, 0.1) is 17.3 Å². The van der Waals surface area contributed by atoms with E-state index in [1.807, 2.05) is 24.3 Å². The molecule has 0 aromatic heterocycles. The van der Waals surface area contributed by atoms with Gasteiger partial charge in [-0.15, -0.1) is 0 Å². The summed E-state index contributed by atoms with van der Waals surface area (Å²) in [5, 5.41) is 7.44. The standard InChI is InChI=1S/C23H20F2N2O2/c1-13(15-8-9-19(24)20(25)11-15)26-23(29)18-10-16-4-2-3-5-17(16)12-21(18)27-22(28)14-6-7-14/h2-5,8-14H,6-7H2,1H3,(H,26,29)(H,27,28). The van der Waals surface area contributed by atoms with Crippen molar-refractivity contribution in [2.75, 3.05) is 5.32 Å². The van der Waals surface area contributed by atoms with E-state index in [0.29, 0.717) is 16.8 Å². The first-order valence-electron chi connectivity index (χ1n) is 9.52. The van der Waals surface area contributed by atoms with E-state index in [1.54, 1.807) is 19.1 Å². The van der Waals surface area contributed by atoms with Gasteiger partial charge in [0.2, 0.25) is 5.91 Å². The van der Waals surface area contributed by atoms with E-state index in [4.69, 9.17) is 0 Å². The lowest BCUT2D eigenvalue weighted by atomic mass is 10.0. The van der Waals surface area contributed by atoms with Crippen molar-refractivity contribution in [3.05, 3.63) is 77.4 Å². The lowest BCUT2D eigenvalue weighted by Crippen LogP contribution is -2.28. The van der Waals surface area contributed by atoms with Gasteiger partial charge in [0.25, 0.3) is 5.91 Å². The molecule has 1 aliphatic carbocycles. The molecular formula is C23H20F2N2O2. The summed E-state index contributed by atoms with van der Waals surface area (Å²) >= 11 is 0. The summed E-state index contributed by atoms with van der Waals surface area (Å²) in [6.07, 6.45) is 1.71. The van der Waals surface area contributed by atoms with Crippen LogP contribution < -0.4 is 10.6 Å². The third-order valence-corrected chi connectivity index (χ3v) is 5.13. The van der Waals surface area contributed by atoms with Crippen LogP contribution in [0.25, 0.3) is 10.8 Å². The van der Waals surface area contributed by atoms with Gasteiger partial charge in [-0.2, -0.15) is 0 Å². The Morgan fingerprint density at radius 2 is 1.66 bits per heavy atom. The SMILES string of the molecule is CC(NC(=O)c1cc2ccccc2cc1NC(=O)C1CC1)c1ccc(F)c(F)c1. The molecule has 0 heterocycles. The highest BCUT2D eigenvalue weighted by molar-refractivity contribution is 6.08. The molecule has 4 nitrogen and oxygen atoms in total. The van der Waals surface area contributed by atoms with Crippen LogP contribution >= 0.6 is 0 Å². The highest BCUT2D eigenvalue weighted by atomic mass is 19.2. The maximum atomic E-state index is 13.5. The summed E-state index contributed by atoms with van der Waals surface area (Å²) in [6, 6.07) is 14.1. The first kappa shape index (κ1) is 19.1. The number of hydrogen-bond acceptors (Lipinski definition) is 2. The monoisotopic (exact) mass is 394 g/mol. The van der Waals surface area contributed by atoms with Crippen LogP contribution in [-0.2, 0) is 4.79 Å². The number of amides is 2. The van der Waals surface area contributed by atoms with E-state index in [9.17, 15) is 18.4 Å². The van der Waals surface area contributed by atoms with Crippen molar-refractivity contribution in [3.63, 3.8) is 0 Å². The topological polar surface area (TPSA) is 58.2 Å². The summed E-state index contributed by atoms with van der Waals surface area (Å²) in [6.45, 7) is 1.69. The van der Waals surface area contributed by atoms with Gasteiger partial charge in [0, 0.05) is 5.92 Å². The second-order valence-electron chi connectivity index (χ2n) is 7.38. The first-order valence-corrected chi connectivity index (χ1v) is 9.52. The number of carbonyl (C=O) groups is 2. The fourth-order valence-electron chi connectivity index (χ4n) is 3.25. The Labute approximate surface area is 166 Å². The quantitative estimate of drug-likeness (QED) is 0.643. The van der Waals surface area contributed by atoms with Gasteiger partial charge in [0.15, 0.2) is 11.6 Å². The lowest BCUT2D eigenvalue weighted by Gasteiger charge is -2.17. The van der Waals surface area contributed by atoms with E-state index in [1.165, 1.54) is 6.07 Å². The van der Waals surface area contributed by atoms with Crippen LogP contribution in [-0.4, -0.2) is 11.8 Å². The van der Waals surface area contributed by atoms with Crippen LogP contribution in [0.4, 0.5) is 14.5 Å². The van der Waals surface area contributed by atoms with Crippen molar-refractivity contribution in [1.29, 1.82) is 0 Å². The zero-order chi connectivity index (χ0) is 20.5. The van der Waals surface area contributed by atoms with Crippen molar-refractivity contribution in [3.8, 4) is 0 Å². The normalized spacial score (nSPS) is 14.4. The Hall–Kier alpha value is -3.28. The number of hydrogen-bond donors (Lipinski definition) is 2. The molecular weight excluding hydrogens is 374 g/mol. The van der Waals surface area contributed by atoms with Gasteiger partial charge in [-0.25, -0.2) is 8.78 Å². The predicted molar refractivity (Wildman–Crippen MR) is 108 cm³/mol. The van der Waals surface area contributed by atoms with Crippen molar-refractivity contribution in [2.45, 2.75) is 25.8 Å². The Kier molecular flexibility index (Phi) is 5.01. The average molecular weight is 394 g/mol. The number of carbonyl (C=O) groups excluding carboxylic acids is 2. The third kappa shape index (κ3) is 4.11. The minimum Gasteiger partial charge on any atom is -0.345 e. The fraction of sp³-hybridized carbons (Fsp3) is 0.217. The second kappa shape index (κ2) is 7.62. The fourth-order valence-corrected chi connectivity index (χ4v) is 3.25. The van der Waals surface area contributed by atoms with Crippen LogP contribution in [0.1, 0.15) is 41.7 Å². The maximum absolute atomic E-state index is 13.5. The van der Waals surface area contributed by atoms with E-state index in [0.717, 1.165) is 35.7 Å². The van der Waals surface area contributed by atoms with Gasteiger partial charge in [-0.05, 0) is 60.4 Å². The zero-order valence-corrected chi connectivity index (χ0v) is 15.8. The average Bonchev–Trinajstić information content (AvgIpc) is 3.54. The molecule has 4 rings (SSSR count). The first-order chi connectivity index (χ1) is 13.9. The molecule has 0 spiro atoms. The Bertz CT molecular complexity index is 1110. The molecule has 2 amide bonds. The molecule has 0 aliphatic heterocycles. The number of benzene rings is 3. The molecule has 1 saturated carbocycles. The number of rotatable bonds is 5. The molecule has 0 bridgehead atoms. The van der Waals surface area contributed by atoms with Crippen LogP contribution in [0.15, 0.2) is 54.6 Å².